The maximum atomic E-state index is 12.8. The molecular weight excluding hydrogens is 408 g/mol. The molecule has 3 aromatic rings. The second-order valence-electron chi connectivity index (χ2n) is 9.78. The van der Waals surface area contributed by atoms with Crippen LogP contribution in [0.5, 0.6) is 0 Å². The van der Waals surface area contributed by atoms with Crippen LogP contribution in [-0.2, 0) is 11.2 Å². The number of aryl methyl sites for hydroxylation is 1. The lowest BCUT2D eigenvalue weighted by molar-refractivity contribution is -0.117. The summed E-state index contributed by atoms with van der Waals surface area (Å²) in [6.45, 7) is 9.29. The lowest BCUT2D eigenvalue weighted by Crippen LogP contribution is -2.45. The summed E-state index contributed by atoms with van der Waals surface area (Å²) in [6, 6.07) is 14.5. The predicted molar refractivity (Wildman–Crippen MR) is 135 cm³/mol. The quantitative estimate of drug-likeness (QED) is 0.408. The summed E-state index contributed by atoms with van der Waals surface area (Å²) in [5.74, 6) is 0.0789. The van der Waals surface area contributed by atoms with Crippen LogP contribution < -0.4 is 10.2 Å². The molecule has 33 heavy (non-hydrogen) atoms. The molecule has 0 saturated carbocycles. The highest BCUT2D eigenvalue weighted by molar-refractivity contribution is 6.02. The summed E-state index contributed by atoms with van der Waals surface area (Å²) in [7, 11) is 2.14. The Morgan fingerprint density at radius 1 is 1.33 bits per heavy atom. The number of hydrogen-bond donors (Lipinski definition) is 2. The maximum Gasteiger partial charge on any atom is 0.261 e. The smallest absolute Gasteiger partial charge is 0.261 e. The molecule has 1 amide bonds. The number of aromatic nitrogens is 1. The fraction of sp³-hybridized carbons (Fsp3) is 0.357. The highest BCUT2D eigenvalue weighted by Crippen LogP contribution is 2.43. The Labute approximate surface area is 196 Å². The van der Waals surface area contributed by atoms with E-state index < -0.39 is 0 Å². The summed E-state index contributed by atoms with van der Waals surface area (Å²) in [4.78, 5) is 18.3. The Kier molecular flexibility index (Phi) is 6.03. The van der Waals surface area contributed by atoms with E-state index in [4.69, 9.17) is 0 Å². The molecule has 1 unspecified atom stereocenters. The van der Waals surface area contributed by atoms with Crippen LogP contribution in [0.4, 0.5) is 5.69 Å². The third-order valence-electron chi connectivity index (χ3n) is 7.04. The number of rotatable bonds is 5. The molecule has 1 aliphatic heterocycles. The van der Waals surface area contributed by atoms with Gasteiger partial charge < -0.3 is 15.2 Å². The first-order valence-electron chi connectivity index (χ1n) is 11.5. The number of amides is 1. The minimum Gasteiger partial charge on any atom is -0.369 e. The largest absolute Gasteiger partial charge is 0.369 e. The molecule has 2 heterocycles. The molecule has 0 saturated heterocycles. The highest BCUT2D eigenvalue weighted by atomic mass is 16.1. The van der Waals surface area contributed by atoms with Crippen molar-refractivity contribution >= 4 is 28.6 Å². The van der Waals surface area contributed by atoms with E-state index in [1.807, 2.05) is 31.3 Å². The topological polar surface area (TPSA) is 71.9 Å². The van der Waals surface area contributed by atoms with E-state index in [1.165, 1.54) is 11.3 Å². The van der Waals surface area contributed by atoms with Gasteiger partial charge in [-0.15, -0.1) is 0 Å². The van der Waals surface area contributed by atoms with Crippen molar-refractivity contribution in [2.45, 2.75) is 52.0 Å². The van der Waals surface area contributed by atoms with Gasteiger partial charge in [0.15, 0.2) is 0 Å². The molecule has 2 N–H and O–H groups in total. The number of nitrogens with zero attached hydrogens (tertiary/aromatic N) is 2. The highest BCUT2D eigenvalue weighted by Gasteiger charge is 2.34. The number of nitriles is 1. The average molecular weight is 441 g/mol. The molecular formula is C28H32N4O. The van der Waals surface area contributed by atoms with Crippen LogP contribution in [-0.4, -0.2) is 30.0 Å². The van der Waals surface area contributed by atoms with Gasteiger partial charge >= 0.3 is 0 Å². The lowest BCUT2D eigenvalue weighted by atomic mass is 9.79. The van der Waals surface area contributed by atoms with Gasteiger partial charge in [-0.05, 0) is 86.1 Å². The first-order chi connectivity index (χ1) is 15.7. The van der Waals surface area contributed by atoms with Crippen LogP contribution in [0.1, 0.15) is 55.4 Å². The van der Waals surface area contributed by atoms with Gasteiger partial charge in [0, 0.05) is 41.9 Å². The van der Waals surface area contributed by atoms with E-state index in [9.17, 15) is 10.1 Å². The van der Waals surface area contributed by atoms with Crippen molar-refractivity contribution in [3.05, 3.63) is 70.4 Å². The monoisotopic (exact) mass is 440 g/mol. The predicted octanol–water partition coefficient (Wildman–Crippen LogP) is 5.46. The summed E-state index contributed by atoms with van der Waals surface area (Å²) < 4.78 is 0. The van der Waals surface area contributed by atoms with Gasteiger partial charge in [0.05, 0.1) is 0 Å². The van der Waals surface area contributed by atoms with Gasteiger partial charge in [-0.1, -0.05) is 25.1 Å². The van der Waals surface area contributed by atoms with Crippen LogP contribution in [0, 0.1) is 18.3 Å². The van der Waals surface area contributed by atoms with Gasteiger partial charge in [-0.25, -0.2) is 0 Å². The number of carbonyl (C=O) groups is 1. The zero-order chi connectivity index (χ0) is 23.8. The fourth-order valence-electron chi connectivity index (χ4n) is 4.94. The normalized spacial score (nSPS) is 17.5. The van der Waals surface area contributed by atoms with Crippen molar-refractivity contribution in [3.8, 4) is 6.07 Å². The van der Waals surface area contributed by atoms with E-state index in [1.54, 1.807) is 6.08 Å². The van der Waals surface area contributed by atoms with Crippen LogP contribution in [0.2, 0.25) is 0 Å². The van der Waals surface area contributed by atoms with Crippen LogP contribution in [0.25, 0.3) is 17.0 Å². The van der Waals surface area contributed by atoms with Gasteiger partial charge in [-0.3, -0.25) is 4.79 Å². The van der Waals surface area contributed by atoms with Crippen molar-refractivity contribution in [3.63, 3.8) is 0 Å². The van der Waals surface area contributed by atoms with E-state index >= 15 is 0 Å². The first-order valence-corrected chi connectivity index (χ1v) is 11.5. The number of anilines is 1. The number of hydrogen-bond acceptors (Lipinski definition) is 3. The van der Waals surface area contributed by atoms with Crippen molar-refractivity contribution < 1.29 is 4.79 Å². The number of nitrogens with one attached hydrogen (secondary N) is 2. The molecule has 0 radical (unpaired) electrons. The molecule has 0 aliphatic carbocycles. The number of para-hydroxylation sites is 1. The van der Waals surface area contributed by atoms with Crippen molar-refractivity contribution in [2.75, 3.05) is 18.5 Å². The third kappa shape index (κ3) is 4.39. The molecule has 0 fully saturated rings. The molecule has 0 spiro atoms. The minimum absolute atomic E-state index is 0.0959. The molecule has 5 nitrogen and oxygen atoms in total. The van der Waals surface area contributed by atoms with Gasteiger partial charge in [0.2, 0.25) is 0 Å². The Morgan fingerprint density at radius 2 is 2.09 bits per heavy atom. The number of benzene rings is 2. The van der Waals surface area contributed by atoms with Gasteiger partial charge in [0.25, 0.3) is 5.91 Å². The molecule has 170 valence electrons. The van der Waals surface area contributed by atoms with Crippen molar-refractivity contribution in [1.29, 1.82) is 5.26 Å². The van der Waals surface area contributed by atoms with E-state index in [0.717, 1.165) is 34.0 Å². The minimum atomic E-state index is -0.333. The summed E-state index contributed by atoms with van der Waals surface area (Å²) in [6.07, 6.45) is 5.46. The van der Waals surface area contributed by atoms with Crippen molar-refractivity contribution in [2.24, 2.45) is 0 Å². The molecule has 5 heteroatoms. The van der Waals surface area contributed by atoms with Crippen LogP contribution in [0.15, 0.2) is 48.2 Å². The molecule has 1 atom stereocenters. The lowest BCUT2D eigenvalue weighted by Gasteiger charge is -2.45. The summed E-state index contributed by atoms with van der Waals surface area (Å²) in [5, 5.41) is 13.8. The second kappa shape index (κ2) is 8.78. The average Bonchev–Trinajstić information content (AvgIpc) is 3.19. The Morgan fingerprint density at radius 3 is 2.85 bits per heavy atom. The zero-order valence-corrected chi connectivity index (χ0v) is 20.1. The second-order valence-corrected chi connectivity index (χ2v) is 9.78. The Balaban J connectivity index is 1.51. The maximum absolute atomic E-state index is 12.8. The Bertz CT molecular complexity index is 1270. The molecule has 4 rings (SSSR count). The number of carbonyl (C=O) groups excluding carboxylic acids is 1. The van der Waals surface area contributed by atoms with E-state index in [-0.39, 0.29) is 17.0 Å². The number of aromatic amines is 1. The van der Waals surface area contributed by atoms with E-state index in [0.29, 0.717) is 18.9 Å². The molecule has 2 aromatic carbocycles. The molecule has 0 bridgehead atoms. The fourth-order valence-corrected chi connectivity index (χ4v) is 4.94. The number of fused-ring (bicyclic) bond motifs is 2. The number of H-pyrrole nitrogens is 1. The van der Waals surface area contributed by atoms with Crippen LogP contribution >= 0.6 is 0 Å². The SMILES string of the molecule is Cc1cc2c(cc1/C=C(/C#N)C(=O)NCCc1c[nH]c3ccccc13)C(C)CC(C)(C)N2C. The Hall–Kier alpha value is -3.52. The standard InChI is InChI=1S/C28H32N4O/c1-18-12-26-24(19(2)15-28(3,4)32(26)5)14-21(18)13-22(16-29)27(33)30-11-10-20-17-31-25-9-7-6-8-23(20)25/h6-9,12-14,17,19,31H,10-11,15H2,1-5H3,(H,30,33)/b22-13-. The van der Waals surface area contributed by atoms with Gasteiger partial charge in [-0.2, -0.15) is 5.26 Å². The zero-order valence-electron chi connectivity index (χ0n) is 20.1. The van der Waals surface area contributed by atoms with Crippen molar-refractivity contribution in [1.82, 2.24) is 10.3 Å². The molecule has 1 aromatic heterocycles. The van der Waals surface area contributed by atoms with Crippen LogP contribution in [0.3, 0.4) is 0 Å². The van der Waals surface area contributed by atoms with Gasteiger partial charge in [0.1, 0.15) is 11.6 Å². The third-order valence-corrected chi connectivity index (χ3v) is 7.04. The first kappa shape index (κ1) is 22.7. The summed E-state index contributed by atoms with van der Waals surface area (Å²) in [5.41, 5.74) is 6.96. The summed E-state index contributed by atoms with van der Waals surface area (Å²) >= 11 is 0. The van der Waals surface area contributed by atoms with E-state index in [2.05, 4.69) is 67.3 Å². The molecule has 1 aliphatic rings.